The first kappa shape index (κ1) is 12.3. The molecule has 0 saturated carbocycles. The van der Waals surface area contributed by atoms with E-state index in [2.05, 4.69) is 15.5 Å². The third-order valence-electron chi connectivity index (χ3n) is 2.60. The summed E-state index contributed by atoms with van der Waals surface area (Å²) in [7, 11) is 0. The molecule has 0 aliphatic heterocycles. The van der Waals surface area contributed by atoms with E-state index in [0.717, 1.165) is 24.0 Å². The highest BCUT2D eigenvalue weighted by molar-refractivity contribution is 7.08. The van der Waals surface area contributed by atoms with Crippen LogP contribution in [0.4, 0.5) is 0 Å². The molecule has 1 N–H and O–H groups in total. The first-order valence-electron chi connectivity index (χ1n) is 5.74. The van der Waals surface area contributed by atoms with E-state index in [1.807, 2.05) is 19.2 Å². The number of hydrogen-bond acceptors (Lipinski definition) is 5. The molecule has 0 aromatic carbocycles. The highest BCUT2D eigenvalue weighted by Crippen LogP contribution is 2.24. The smallest absolute Gasteiger partial charge is 0.229 e. The largest absolute Gasteiger partial charge is 0.393 e. The van der Waals surface area contributed by atoms with E-state index in [0.29, 0.717) is 18.1 Å². The minimum atomic E-state index is -0.392. The summed E-state index contributed by atoms with van der Waals surface area (Å²) in [4.78, 5) is 4.30. The average Bonchev–Trinajstić information content (AvgIpc) is 2.87. The third kappa shape index (κ3) is 2.92. The molecule has 4 nitrogen and oxygen atoms in total. The Bertz CT molecular complexity index is 478. The van der Waals surface area contributed by atoms with Crippen molar-refractivity contribution in [2.75, 3.05) is 0 Å². The molecule has 1 unspecified atom stereocenters. The van der Waals surface area contributed by atoms with Crippen LogP contribution in [0.15, 0.2) is 15.3 Å². The van der Waals surface area contributed by atoms with Crippen LogP contribution in [0.2, 0.25) is 0 Å². The van der Waals surface area contributed by atoms with Crippen molar-refractivity contribution in [3.8, 4) is 11.4 Å². The Morgan fingerprint density at radius 3 is 2.94 bits per heavy atom. The molecule has 0 aliphatic rings. The Labute approximate surface area is 104 Å². The van der Waals surface area contributed by atoms with Gasteiger partial charge in [-0.25, -0.2) is 0 Å². The number of nitrogens with zero attached hydrogens (tertiary/aromatic N) is 2. The highest BCUT2D eigenvalue weighted by atomic mass is 32.1. The van der Waals surface area contributed by atoms with Gasteiger partial charge in [-0.1, -0.05) is 18.5 Å². The average molecular weight is 252 g/mol. The Balaban J connectivity index is 2.09. The maximum atomic E-state index is 9.67. The number of aromatic nitrogens is 2. The number of rotatable bonds is 5. The number of aliphatic hydroxyl groups is 1. The molecule has 0 aliphatic carbocycles. The van der Waals surface area contributed by atoms with Crippen molar-refractivity contribution < 1.29 is 9.63 Å². The summed E-state index contributed by atoms with van der Waals surface area (Å²) >= 11 is 1.62. The van der Waals surface area contributed by atoms with Crippen molar-refractivity contribution in [1.29, 1.82) is 0 Å². The minimum Gasteiger partial charge on any atom is -0.393 e. The molecule has 17 heavy (non-hydrogen) atoms. The second-order valence-corrected chi connectivity index (χ2v) is 4.87. The van der Waals surface area contributed by atoms with E-state index in [1.54, 1.807) is 11.3 Å². The Hall–Kier alpha value is -1.20. The lowest BCUT2D eigenvalue weighted by Gasteiger charge is -2.03. The van der Waals surface area contributed by atoms with Gasteiger partial charge >= 0.3 is 0 Å². The molecule has 0 saturated heterocycles. The van der Waals surface area contributed by atoms with Gasteiger partial charge in [-0.3, -0.25) is 0 Å². The summed E-state index contributed by atoms with van der Waals surface area (Å²) < 4.78 is 5.14. The molecule has 0 amide bonds. The molecule has 92 valence electrons. The van der Waals surface area contributed by atoms with Crippen molar-refractivity contribution in [1.82, 2.24) is 10.1 Å². The van der Waals surface area contributed by atoms with Crippen molar-refractivity contribution in [2.24, 2.45) is 0 Å². The van der Waals surface area contributed by atoms with Crippen molar-refractivity contribution in [3.05, 3.63) is 22.2 Å². The molecule has 2 aromatic heterocycles. The van der Waals surface area contributed by atoms with Gasteiger partial charge < -0.3 is 9.63 Å². The lowest BCUT2D eigenvalue weighted by Crippen LogP contribution is -2.09. The van der Waals surface area contributed by atoms with Gasteiger partial charge in [0.2, 0.25) is 11.7 Å². The standard InChI is InChI=1S/C12H16N2O2S/c1-3-4-9(15)5-11-13-12(14-16-11)10-7-17-6-8(10)2/h6-7,9,15H,3-5H2,1-2H3. The molecule has 5 heteroatoms. The number of thiophene rings is 1. The SMILES string of the molecule is CCCC(O)Cc1nc(-c2cscc2C)no1. The zero-order valence-corrected chi connectivity index (χ0v) is 10.8. The Morgan fingerprint density at radius 2 is 2.29 bits per heavy atom. The first-order valence-corrected chi connectivity index (χ1v) is 6.68. The van der Waals surface area contributed by atoms with E-state index < -0.39 is 6.10 Å². The van der Waals surface area contributed by atoms with Gasteiger partial charge in [0.25, 0.3) is 0 Å². The predicted octanol–water partition coefficient (Wildman–Crippen LogP) is 2.81. The van der Waals surface area contributed by atoms with Crippen molar-refractivity contribution in [2.45, 2.75) is 39.2 Å². The van der Waals surface area contributed by atoms with E-state index >= 15 is 0 Å². The molecule has 2 rings (SSSR count). The molecule has 0 spiro atoms. The number of aryl methyl sites for hydroxylation is 1. The van der Waals surface area contributed by atoms with Crippen LogP contribution < -0.4 is 0 Å². The second-order valence-electron chi connectivity index (χ2n) is 4.13. The Morgan fingerprint density at radius 1 is 1.47 bits per heavy atom. The summed E-state index contributed by atoms with van der Waals surface area (Å²) in [5, 5.41) is 17.7. The van der Waals surface area contributed by atoms with Crippen LogP contribution in [0.25, 0.3) is 11.4 Å². The van der Waals surface area contributed by atoms with Crippen LogP contribution in [-0.4, -0.2) is 21.4 Å². The Kier molecular flexibility index (Phi) is 3.91. The van der Waals surface area contributed by atoms with Crippen LogP contribution in [0.1, 0.15) is 31.2 Å². The van der Waals surface area contributed by atoms with Crippen molar-refractivity contribution >= 4 is 11.3 Å². The van der Waals surface area contributed by atoms with Gasteiger partial charge in [-0.05, 0) is 24.3 Å². The van der Waals surface area contributed by atoms with Gasteiger partial charge in [-0.15, -0.1) is 0 Å². The van der Waals surface area contributed by atoms with Crippen LogP contribution >= 0.6 is 11.3 Å². The molecule has 1 atom stereocenters. The lowest BCUT2D eigenvalue weighted by molar-refractivity contribution is 0.152. The highest BCUT2D eigenvalue weighted by Gasteiger charge is 2.14. The van der Waals surface area contributed by atoms with Gasteiger partial charge in [0.05, 0.1) is 12.5 Å². The zero-order valence-electron chi connectivity index (χ0n) is 10.0. The maximum absolute atomic E-state index is 9.67. The maximum Gasteiger partial charge on any atom is 0.229 e. The van der Waals surface area contributed by atoms with Crippen LogP contribution in [0.3, 0.4) is 0 Å². The first-order chi connectivity index (χ1) is 8.20. The minimum absolute atomic E-state index is 0.392. The fourth-order valence-corrected chi connectivity index (χ4v) is 2.50. The van der Waals surface area contributed by atoms with Gasteiger partial charge in [0.15, 0.2) is 0 Å². The quantitative estimate of drug-likeness (QED) is 0.889. The number of aliphatic hydroxyl groups excluding tert-OH is 1. The molecule has 2 heterocycles. The predicted molar refractivity (Wildman–Crippen MR) is 67.0 cm³/mol. The summed E-state index contributed by atoms with van der Waals surface area (Å²) in [6.07, 6.45) is 1.75. The zero-order chi connectivity index (χ0) is 12.3. The van der Waals surface area contributed by atoms with E-state index in [9.17, 15) is 5.11 Å². The molecule has 0 radical (unpaired) electrons. The molecule has 0 fully saturated rings. The summed E-state index contributed by atoms with van der Waals surface area (Å²) in [6.45, 7) is 4.06. The van der Waals surface area contributed by atoms with Gasteiger partial charge in [0.1, 0.15) is 0 Å². The van der Waals surface area contributed by atoms with Crippen LogP contribution in [0.5, 0.6) is 0 Å². The second kappa shape index (κ2) is 5.42. The van der Waals surface area contributed by atoms with E-state index in [4.69, 9.17) is 4.52 Å². The molecular weight excluding hydrogens is 236 g/mol. The topological polar surface area (TPSA) is 59.2 Å². The molecule has 0 bridgehead atoms. The van der Waals surface area contributed by atoms with Crippen molar-refractivity contribution in [3.63, 3.8) is 0 Å². The summed E-state index contributed by atoms with van der Waals surface area (Å²) in [5.41, 5.74) is 2.16. The molecular formula is C12H16N2O2S. The summed E-state index contributed by atoms with van der Waals surface area (Å²) in [5.74, 6) is 1.12. The van der Waals surface area contributed by atoms with E-state index in [1.165, 1.54) is 0 Å². The monoisotopic (exact) mass is 252 g/mol. The van der Waals surface area contributed by atoms with E-state index in [-0.39, 0.29) is 0 Å². The fourth-order valence-electron chi connectivity index (χ4n) is 1.67. The number of hydrogen-bond donors (Lipinski definition) is 1. The third-order valence-corrected chi connectivity index (χ3v) is 3.46. The van der Waals surface area contributed by atoms with Gasteiger partial charge in [-0.2, -0.15) is 16.3 Å². The van der Waals surface area contributed by atoms with Crippen LogP contribution in [-0.2, 0) is 6.42 Å². The lowest BCUT2D eigenvalue weighted by atomic mass is 10.1. The fraction of sp³-hybridized carbons (Fsp3) is 0.500. The molecule has 2 aromatic rings. The van der Waals surface area contributed by atoms with Gasteiger partial charge in [0, 0.05) is 10.9 Å². The summed E-state index contributed by atoms with van der Waals surface area (Å²) in [6, 6.07) is 0. The van der Waals surface area contributed by atoms with Crippen LogP contribution in [0, 0.1) is 6.92 Å². The normalized spacial score (nSPS) is 12.9.